The van der Waals surface area contributed by atoms with Crippen LogP contribution < -0.4 is 14.8 Å². The molecule has 0 spiro atoms. The summed E-state index contributed by atoms with van der Waals surface area (Å²) in [5, 5.41) is 2.72. The molecule has 1 atom stereocenters. The van der Waals surface area contributed by atoms with E-state index in [2.05, 4.69) is 5.32 Å². The second-order valence-electron chi connectivity index (χ2n) is 6.03. The average Bonchev–Trinajstić information content (AvgIpc) is 2.67. The summed E-state index contributed by atoms with van der Waals surface area (Å²) < 4.78 is 16.2. The Bertz CT molecular complexity index is 839. The molecule has 3 rings (SSSR count). The van der Waals surface area contributed by atoms with Gasteiger partial charge >= 0.3 is 5.97 Å². The number of anilines is 1. The van der Waals surface area contributed by atoms with Crippen molar-refractivity contribution in [1.29, 1.82) is 0 Å². The number of carbonyl (C=O) groups excluding carboxylic acids is 2. The van der Waals surface area contributed by atoms with Crippen LogP contribution in [0.15, 0.2) is 47.4 Å². The van der Waals surface area contributed by atoms with Gasteiger partial charge in [0.1, 0.15) is 13.2 Å². The van der Waals surface area contributed by atoms with E-state index < -0.39 is 18.0 Å². The third-order valence-electron chi connectivity index (χ3n) is 3.93. The number of aryl methyl sites for hydroxylation is 1. The molecule has 27 heavy (non-hydrogen) atoms. The molecule has 1 amide bonds. The Labute approximate surface area is 162 Å². The van der Waals surface area contributed by atoms with Gasteiger partial charge in [-0.1, -0.05) is 18.2 Å². The zero-order valence-electron chi connectivity index (χ0n) is 15.2. The van der Waals surface area contributed by atoms with E-state index >= 15 is 0 Å². The van der Waals surface area contributed by atoms with Gasteiger partial charge in [-0.05, 0) is 37.6 Å². The molecule has 2 aromatic carbocycles. The van der Waals surface area contributed by atoms with Crippen LogP contribution >= 0.6 is 11.8 Å². The Hall–Kier alpha value is -2.67. The number of fused-ring (bicyclic) bond motifs is 1. The maximum atomic E-state index is 12.3. The summed E-state index contributed by atoms with van der Waals surface area (Å²) >= 11 is 1.39. The molecule has 0 aliphatic carbocycles. The van der Waals surface area contributed by atoms with Gasteiger partial charge in [-0.3, -0.25) is 9.59 Å². The van der Waals surface area contributed by atoms with Crippen molar-refractivity contribution < 1.29 is 23.8 Å². The van der Waals surface area contributed by atoms with Crippen LogP contribution in [0.3, 0.4) is 0 Å². The molecule has 142 valence electrons. The Kier molecular flexibility index (Phi) is 6.24. The summed E-state index contributed by atoms with van der Waals surface area (Å²) in [6.07, 6.45) is -0.900. The van der Waals surface area contributed by atoms with Crippen LogP contribution in [-0.2, 0) is 14.3 Å². The fourth-order valence-corrected chi connectivity index (χ4v) is 3.32. The van der Waals surface area contributed by atoms with Crippen molar-refractivity contribution in [3.8, 4) is 11.5 Å². The van der Waals surface area contributed by atoms with Gasteiger partial charge < -0.3 is 19.5 Å². The zero-order valence-corrected chi connectivity index (χ0v) is 16.0. The third kappa shape index (κ3) is 5.17. The van der Waals surface area contributed by atoms with Crippen molar-refractivity contribution in [2.24, 2.45) is 0 Å². The highest BCUT2D eigenvalue weighted by Gasteiger charge is 2.19. The van der Waals surface area contributed by atoms with Gasteiger partial charge in [-0.2, -0.15) is 0 Å². The van der Waals surface area contributed by atoms with Gasteiger partial charge in [0.2, 0.25) is 0 Å². The van der Waals surface area contributed by atoms with Crippen LogP contribution in [0.2, 0.25) is 0 Å². The van der Waals surface area contributed by atoms with E-state index in [0.29, 0.717) is 30.4 Å². The lowest BCUT2D eigenvalue weighted by Crippen LogP contribution is -2.30. The van der Waals surface area contributed by atoms with Crippen molar-refractivity contribution in [3.63, 3.8) is 0 Å². The zero-order chi connectivity index (χ0) is 19.2. The summed E-state index contributed by atoms with van der Waals surface area (Å²) in [5.74, 6) is 0.534. The first kappa shape index (κ1) is 19.1. The monoisotopic (exact) mass is 387 g/mol. The van der Waals surface area contributed by atoms with Crippen LogP contribution in [0.5, 0.6) is 11.5 Å². The molecule has 2 aromatic rings. The van der Waals surface area contributed by atoms with Crippen LogP contribution in [0.4, 0.5) is 5.69 Å². The largest absolute Gasteiger partial charge is 0.486 e. The smallest absolute Gasteiger partial charge is 0.317 e. The van der Waals surface area contributed by atoms with E-state index in [4.69, 9.17) is 14.2 Å². The first-order valence-corrected chi connectivity index (χ1v) is 9.60. The molecule has 1 aliphatic rings. The Morgan fingerprint density at radius 1 is 1.15 bits per heavy atom. The van der Waals surface area contributed by atoms with Gasteiger partial charge in [0.15, 0.2) is 17.6 Å². The Balaban J connectivity index is 1.50. The first-order valence-electron chi connectivity index (χ1n) is 8.61. The number of ether oxygens (including phenoxy) is 3. The highest BCUT2D eigenvalue weighted by molar-refractivity contribution is 8.00. The maximum Gasteiger partial charge on any atom is 0.317 e. The molecular formula is C20H21NO5S. The van der Waals surface area contributed by atoms with Crippen molar-refractivity contribution in [2.45, 2.75) is 24.8 Å². The molecule has 1 aliphatic heterocycles. The first-order chi connectivity index (χ1) is 13.0. The van der Waals surface area contributed by atoms with Gasteiger partial charge in [0.25, 0.3) is 5.91 Å². The van der Waals surface area contributed by atoms with Crippen LogP contribution in [0.1, 0.15) is 12.5 Å². The minimum Gasteiger partial charge on any atom is -0.486 e. The van der Waals surface area contributed by atoms with E-state index in [1.165, 1.54) is 11.8 Å². The number of hydrogen-bond acceptors (Lipinski definition) is 6. The van der Waals surface area contributed by atoms with Crippen molar-refractivity contribution in [3.05, 3.63) is 48.0 Å². The summed E-state index contributed by atoms with van der Waals surface area (Å²) in [4.78, 5) is 25.3. The summed E-state index contributed by atoms with van der Waals surface area (Å²) in [6, 6.07) is 12.9. The molecule has 1 heterocycles. The summed E-state index contributed by atoms with van der Waals surface area (Å²) in [6.45, 7) is 4.50. The minimum atomic E-state index is -0.900. The molecule has 7 heteroatoms. The van der Waals surface area contributed by atoms with E-state index in [9.17, 15) is 9.59 Å². The number of nitrogens with one attached hydrogen (secondary N) is 1. The molecule has 0 unspecified atom stereocenters. The highest BCUT2D eigenvalue weighted by Crippen LogP contribution is 2.32. The average molecular weight is 387 g/mol. The normalized spacial score (nSPS) is 13.6. The quantitative estimate of drug-likeness (QED) is 0.605. The summed E-state index contributed by atoms with van der Waals surface area (Å²) in [7, 11) is 0. The number of amides is 1. The van der Waals surface area contributed by atoms with Crippen molar-refractivity contribution >= 4 is 29.3 Å². The number of benzene rings is 2. The van der Waals surface area contributed by atoms with Gasteiger partial charge in [0, 0.05) is 16.6 Å². The topological polar surface area (TPSA) is 73.9 Å². The molecule has 1 N–H and O–H groups in total. The van der Waals surface area contributed by atoms with Crippen molar-refractivity contribution in [2.75, 3.05) is 24.3 Å². The number of carbonyl (C=O) groups is 2. The van der Waals surface area contributed by atoms with Gasteiger partial charge in [-0.15, -0.1) is 11.8 Å². The van der Waals surface area contributed by atoms with Crippen LogP contribution in [0.25, 0.3) is 0 Å². The fraction of sp³-hybridized carbons (Fsp3) is 0.300. The maximum absolute atomic E-state index is 12.3. The SMILES string of the molecule is Cc1ccccc1SCC(=O)O[C@H](C)C(=O)Nc1ccc2c(c1)OCCO2. The Morgan fingerprint density at radius 3 is 2.67 bits per heavy atom. The van der Waals surface area contributed by atoms with Gasteiger partial charge in [0.05, 0.1) is 5.75 Å². The van der Waals surface area contributed by atoms with E-state index in [0.717, 1.165) is 10.5 Å². The molecule has 0 aromatic heterocycles. The highest BCUT2D eigenvalue weighted by atomic mass is 32.2. The molecule has 0 saturated carbocycles. The number of esters is 1. The lowest BCUT2D eigenvalue weighted by molar-refractivity contribution is -0.150. The number of thioether (sulfide) groups is 1. The second kappa shape index (κ2) is 8.81. The predicted molar refractivity (Wildman–Crippen MR) is 104 cm³/mol. The Morgan fingerprint density at radius 2 is 1.89 bits per heavy atom. The molecule has 0 bridgehead atoms. The fourth-order valence-electron chi connectivity index (χ4n) is 2.50. The van der Waals surface area contributed by atoms with Crippen LogP contribution in [-0.4, -0.2) is 36.9 Å². The summed E-state index contributed by atoms with van der Waals surface area (Å²) in [5.41, 5.74) is 1.65. The molecule has 6 nitrogen and oxygen atoms in total. The van der Waals surface area contributed by atoms with E-state index in [1.807, 2.05) is 31.2 Å². The van der Waals surface area contributed by atoms with Crippen LogP contribution in [0, 0.1) is 6.92 Å². The standard InChI is InChI=1S/C20H21NO5S/c1-13-5-3-4-6-18(13)27-12-19(22)26-14(2)20(23)21-15-7-8-16-17(11-15)25-10-9-24-16/h3-8,11,14H,9-10,12H2,1-2H3,(H,21,23)/t14-/m1/s1. The second-order valence-corrected chi connectivity index (χ2v) is 7.05. The van der Waals surface area contributed by atoms with E-state index in [1.54, 1.807) is 25.1 Å². The number of rotatable bonds is 6. The lowest BCUT2D eigenvalue weighted by Gasteiger charge is -2.19. The third-order valence-corrected chi connectivity index (χ3v) is 5.08. The molecular weight excluding hydrogens is 366 g/mol. The molecule has 0 radical (unpaired) electrons. The minimum absolute atomic E-state index is 0.145. The lowest BCUT2D eigenvalue weighted by atomic mass is 10.2. The molecule has 0 fully saturated rings. The van der Waals surface area contributed by atoms with E-state index in [-0.39, 0.29) is 5.75 Å². The number of hydrogen-bond donors (Lipinski definition) is 1. The van der Waals surface area contributed by atoms with Gasteiger partial charge in [-0.25, -0.2) is 0 Å². The molecule has 0 saturated heterocycles. The predicted octanol–water partition coefficient (Wildman–Crippen LogP) is 3.43. The van der Waals surface area contributed by atoms with Crippen molar-refractivity contribution in [1.82, 2.24) is 0 Å².